The maximum absolute atomic E-state index is 13.4. The van der Waals surface area contributed by atoms with Gasteiger partial charge in [-0.25, -0.2) is 17.5 Å². The molecule has 178 valence electrons. The molecule has 1 aliphatic heterocycles. The predicted molar refractivity (Wildman–Crippen MR) is 131 cm³/mol. The van der Waals surface area contributed by atoms with E-state index < -0.39 is 10.0 Å². The van der Waals surface area contributed by atoms with Gasteiger partial charge in [-0.1, -0.05) is 28.9 Å². The molecule has 0 atom stereocenters. The smallest absolute Gasteiger partial charge is 0.240 e. The van der Waals surface area contributed by atoms with Gasteiger partial charge in [0.1, 0.15) is 5.82 Å². The highest BCUT2D eigenvalue weighted by molar-refractivity contribution is 7.89. The van der Waals surface area contributed by atoms with Gasteiger partial charge in [-0.05, 0) is 86.1 Å². The molecule has 1 aliphatic rings. The summed E-state index contributed by atoms with van der Waals surface area (Å²) in [7, 11) is -3.57. The Labute approximate surface area is 202 Å². The molecule has 4 aromatic rings. The number of rotatable bonds is 7. The lowest BCUT2D eigenvalue weighted by Gasteiger charge is -2.31. The molecule has 0 amide bonds. The van der Waals surface area contributed by atoms with Crippen molar-refractivity contribution in [3.63, 3.8) is 0 Å². The minimum absolute atomic E-state index is 0.253. The second kappa shape index (κ2) is 9.62. The molecular weight excluding hydrogens is 477 g/mol. The topological polar surface area (TPSA) is 75.4 Å². The Balaban J connectivity index is 1.11. The fourth-order valence-electron chi connectivity index (χ4n) is 4.61. The minimum atomic E-state index is -3.57. The fourth-order valence-corrected chi connectivity index (χ4v) is 5.90. The summed E-state index contributed by atoms with van der Waals surface area (Å²) < 4.78 is 46.8. The number of hydrogen-bond acceptors (Lipinski definition) is 5. The Morgan fingerprint density at radius 1 is 1.06 bits per heavy atom. The molecule has 1 fully saturated rings. The average Bonchev–Trinajstić information content (AvgIpc) is 3.25. The number of benzene rings is 3. The molecule has 0 bridgehead atoms. The van der Waals surface area contributed by atoms with Crippen LogP contribution in [0.3, 0.4) is 0 Å². The van der Waals surface area contributed by atoms with Crippen LogP contribution in [0.2, 0.25) is 5.02 Å². The predicted octanol–water partition coefficient (Wildman–Crippen LogP) is 5.32. The van der Waals surface area contributed by atoms with Crippen LogP contribution >= 0.6 is 11.6 Å². The van der Waals surface area contributed by atoms with Crippen LogP contribution in [0.15, 0.2) is 64.0 Å². The summed E-state index contributed by atoms with van der Waals surface area (Å²) in [6.07, 6.45) is 2.59. The molecule has 1 aromatic heterocycles. The lowest BCUT2D eigenvalue weighted by molar-refractivity contribution is 0.208. The van der Waals surface area contributed by atoms with Gasteiger partial charge in [0.2, 0.25) is 10.0 Å². The highest BCUT2D eigenvalue weighted by Crippen LogP contribution is 2.32. The van der Waals surface area contributed by atoms with Gasteiger partial charge in [0.25, 0.3) is 0 Å². The van der Waals surface area contributed by atoms with Gasteiger partial charge in [0, 0.05) is 28.9 Å². The number of nitrogens with zero attached hydrogens (tertiary/aromatic N) is 2. The third kappa shape index (κ3) is 4.95. The third-order valence-corrected chi connectivity index (χ3v) is 8.16. The quantitative estimate of drug-likeness (QED) is 0.347. The van der Waals surface area contributed by atoms with E-state index in [1.54, 1.807) is 30.3 Å². The molecular formula is C25H25ClFN3O3S. The van der Waals surface area contributed by atoms with Crippen LogP contribution in [0.5, 0.6) is 0 Å². The lowest BCUT2D eigenvalue weighted by Crippen LogP contribution is -2.35. The van der Waals surface area contributed by atoms with Crippen LogP contribution in [0.25, 0.3) is 21.7 Å². The molecule has 0 radical (unpaired) electrons. The van der Waals surface area contributed by atoms with Crippen molar-refractivity contribution in [3.05, 3.63) is 71.1 Å². The van der Waals surface area contributed by atoms with Crippen molar-refractivity contribution in [2.75, 3.05) is 26.2 Å². The van der Waals surface area contributed by atoms with Crippen LogP contribution in [0.1, 0.15) is 30.9 Å². The Kier molecular flexibility index (Phi) is 6.57. The average molecular weight is 502 g/mol. The first-order valence-corrected chi connectivity index (χ1v) is 13.2. The van der Waals surface area contributed by atoms with Crippen molar-refractivity contribution in [3.8, 4) is 0 Å². The van der Waals surface area contributed by atoms with Gasteiger partial charge in [0.15, 0.2) is 5.58 Å². The summed E-state index contributed by atoms with van der Waals surface area (Å²) >= 11 is 6.00. The van der Waals surface area contributed by atoms with Crippen LogP contribution in [-0.4, -0.2) is 44.7 Å². The Morgan fingerprint density at radius 3 is 2.65 bits per heavy atom. The Hall–Kier alpha value is -2.52. The Bertz CT molecular complexity index is 1430. The zero-order valence-corrected chi connectivity index (χ0v) is 20.1. The van der Waals surface area contributed by atoms with Crippen molar-refractivity contribution >= 4 is 43.4 Å². The summed E-state index contributed by atoms with van der Waals surface area (Å²) in [4.78, 5) is 2.59. The van der Waals surface area contributed by atoms with Gasteiger partial charge >= 0.3 is 0 Å². The van der Waals surface area contributed by atoms with E-state index in [4.69, 9.17) is 16.1 Å². The lowest BCUT2D eigenvalue weighted by atomic mass is 9.91. The molecule has 0 spiro atoms. The number of fused-ring (bicyclic) bond motifs is 2. The molecule has 3 aromatic carbocycles. The minimum Gasteiger partial charge on any atom is -0.356 e. The van der Waals surface area contributed by atoms with Gasteiger partial charge in [0.05, 0.1) is 10.6 Å². The summed E-state index contributed by atoms with van der Waals surface area (Å²) in [5, 5.41) is 7.43. The highest BCUT2D eigenvalue weighted by atomic mass is 35.5. The molecule has 2 heterocycles. The SMILES string of the molecule is O=S(=O)(NCCCN1CCC(c2noc3cc(F)ccc23)CC1)c1ccc2cc(Cl)ccc2c1. The van der Waals surface area contributed by atoms with Crippen molar-refractivity contribution in [2.45, 2.75) is 30.1 Å². The Morgan fingerprint density at radius 2 is 1.82 bits per heavy atom. The van der Waals surface area contributed by atoms with E-state index in [0.29, 0.717) is 17.2 Å². The monoisotopic (exact) mass is 501 g/mol. The van der Waals surface area contributed by atoms with E-state index in [1.807, 2.05) is 12.1 Å². The van der Waals surface area contributed by atoms with Gasteiger partial charge < -0.3 is 9.42 Å². The number of likely N-dealkylation sites (tertiary alicyclic amines) is 1. The molecule has 0 saturated carbocycles. The van der Waals surface area contributed by atoms with E-state index in [1.165, 1.54) is 12.1 Å². The zero-order valence-electron chi connectivity index (χ0n) is 18.5. The summed E-state index contributed by atoms with van der Waals surface area (Å²) in [6, 6.07) is 15.0. The number of sulfonamides is 1. The first-order valence-electron chi connectivity index (χ1n) is 11.4. The summed E-state index contributed by atoms with van der Waals surface area (Å²) in [5.41, 5.74) is 1.39. The van der Waals surface area contributed by atoms with Crippen LogP contribution in [0, 0.1) is 5.82 Å². The normalized spacial score (nSPS) is 15.9. The van der Waals surface area contributed by atoms with Crippen LogP contribution < -0.4 is 4.72 Å². The van der Waals surface area contributed by atoms with Crippen molar-refractivity contribution < 1.29 is 17.3 Å². The van der Waals surface area contributed by atoms with E-state index in [-0.39, 0.29) is 16.6 Å². The molecule has 1 N–H and O–H groups in total. The second-order valence-electron chi connectivity index (χ2n) is 8.73. The molecule has 5 rings (SSSR count). The van der Waals surface area contributed by atoms with Crippen LogP contribution in [-0.2, 0) is 10.0 Å². The molecule has 0 unspecified atom stereocenters. The first-order chi connectivity index (χ1) is 16.4. The van der Waals surface area contributed by atoms with Crippen molar-refractivity contribution in [1.82, 2.24) is 14.8 Å². The standard InChI is InChI=1S/C25H25ClFN3O3S/c26-20-4-2-19-15-22(6-3-18(19)14-20)34(31,32)28-10-1-11-30-12-8-17(9-13-30)25-23-7-5-21(27)16-24(23)33-29-25/h2-7,14-17,28H,1,8-13H2. The van der Waals surface area contributed by atoms with Crippen molar-refractivity contribution in [2.24, 2.45) is 0 Å². The third-order valence-electron chi connectivity index (χ3n) is 6.46. The zero-order chi connectivity index (χ0) is 23.7. The van der Waals surface area contributed by atoms with Gasteiger partial charge in [-0.3, -0.25) is 0 Å². The fraction of sp³-hybridized carbons (Fsp3) is 0.320. The maximum atomic E-state index is 13.4. The van der Waals surface area contributed by atoms with E-state index in [9.17, 15) is 12.8 Å². The second-order valence-corrected chi connectivity index (χ2v) is 10.9. The maximum Gasteiger partial charge on any atom is 0.240 e. The van der Waals surface area contributed by atoms with E-state index >= 15 is 0 Å². The van der Waals surface area contributed by atoms with Gasteiger partial charge in [-0.15, -0.1) is 0 Å². The molecule has 0 aliphatic carbocycles. The number of halogens is 2. The number of aromatic nitrogens is 1. The number of nitrogens with one attached hydrogen (secondary N) is 1. The van der Waals surface area contributed by atoms with E-state index in [2.05, 4.69) is 14.8 Å². The number of hydrogen-bond donors (Lipinski definition) is 1. The highest BCUT2D eigenvalue weighted by Gasteiger charge is 2.25. The van der Waals surface area contributed by atoms with E-state index in [0.717, 1.165) is 60.7 Å². The largest absolute Gasteiger partial charge is 0.356 e. The molecule has 6 nitrogen and oxygen atoms in total. The van der Waals surface area contributed by atoms with Crippen LogP contribution in [0.4, 0.5) is 4.39 Å². The van der Waals surface area contributed by atoms with Crippen molar-refractivity contribution in [1.29, 1.82) is 0 Å². The first kappa shape index (κ1) is 23.2. The summed E-state index contributed by atoms with van der Waals surface area (Å²) in [6.45, 7) is 3.00. The van der Waals surface area contributed by atoms with Gasteiger partial charge in [-0.2, -0.15) is 0 Å². The molecule has 34 heavy (non-hydrogen) atoms. The number of piperidine rings is 1. The molecule has 9 heteroatoms. The molecule has 1 saturated heterocycles. The summed E-state index contributed by atoms with van der Waals surface area (Å²) in [5.74, 6) is -0.0459.